The number of rotatable bonds is 6. The fourth-order valence-corrected chi connectivity index (χ4v) is 11.6. The Morgan fingerprint density at radius 1 is 0.547 bits per heavy atom. The topological polar surface area (TPSA) is 20.2 Å². The van der Waals surface area contributed by atoms with Gasteiger partial charge in [0.25, 0.3) is 0 Å². The van der Waals surface area contributed by atoms with E-state index >= 15 is 0 Å². The molecule has 13 rings (SSSR count). The van der Waals surface area contributed by atoms with Gasteiger partial charge in [0.1, 0.15) is 0 Å². The third-order valence-corrected chi connectivity index (χ3v) is 14.4. The van der Waals surface area contributed by atoms with Crippen molar-refractivity contribution >= 4 is 38.8 Å². The maximum Gasteiger partial charge on any atom is 0.0726 e. The normalized spacial score (nSPS) is 18.4. The highest BCUT2D eigenvalue weighted by molar-refractivity contribution is 6.10. The monoisotopic (exact) mass is 819 g/mol. The predicted molar refractivity (Wildman–Crippen MR) is 266 cm³/mol. The molecule has 8 aromatic carbocycles. The van der Waals surface area contributed by atoms with E-state index in [0.717, 1.165) is 12.1 Å². The second-order valence-electron chi connectivity index (χ2n) is 17.9. The fraction of sp³-hybridized carbons (Fsp3) is 0.0820. The first-order chi connectivity index (χ1) is 31.6. The van der Waals surface area contributed by atoms with Crippen molar-refractivity contribution in [1.82, 2.24) is 9.88 Å². The van der Waals surface area contributed by atoms with Gasteiger partial charge in [0.05, 0.1) is 28.0 Å². The molecule has 2 unspecified atom stereocenters. The molecule has 3 heteroatoms. The summed E-state index contributed by atoms with van der Waals surface area (Å²) in [4.78, 5) is 2.59. The molecule has 9 aromatic rings. The Kier molecular flexibility index (Phi) is 8.08. The van der Waals surface area contributed by atoms with Gasteiger partial charge in [-0.3, -0.25) is 0 Å². The Balaban J connectivity index is 0.952. The van der Waals surface area contributed by atoms with Crippen LogP contribution in [0.2, 0.25) is 0 Å². The first kappa shape index (κ1) is 36.7. The van der Waals surface area contributed by atoms with E-state index in [9.17, 15) is 0 Å². The molecular formula is C61H45N3. The molecule has 1 aliphatic heterocycles. The average molecular weight is 820 g/mol. The molecule has 3 nitrogen and oxygen atoms in total. The number of benzene rings is 8. The fourth-order valence-electron chi connectivity index (χ4n) is 11.6. The van der Waals surface area contributed by atoms with Crippen molar-refractivity contribution < 1.29 is 0 Å². The van der Waals surface area contributed by atoms with Crippen LogP contribution in [0.5, 0.6) is 0 Å². The lowest BCUT2D eigenvalue weighted by atomic mass is 9.70. The molecular weight excluding hydrogens is 775 g/mol. The lowest BCUT2D eigenvalue weighted by molar-refractivity contribution is 0.571. The Hall–Kier alpha value is -7.88. The van der Waals surface area contributed by atoms with Crippen LogP contribution in [0.25, 0.3) is 55.3 Å². The number of allylic oxidation sites excluding steroid dienone is 4. The molecule has 64 heavy (non-hydrogen) atoms. The molecule has 1 spiro atoms. The summed E-state index contributed by atoms with van der Waals surface area (Å²) < 4.78 is 2.41. The third-order valence-electron chi connectivity index (χ3n) is 14.4. The zero-order chi connectivity index (χ0) is 42.4. The number of anilines is 2. The van der Waals surface area contributed by atoms with Crippen LogP contribution in [0.15, 0.2) is 231 Å². The van der Waals surface area contributed by atoms with Gasteiger partial charge in [0.2, 0.25) is 0 Å². The maximum atomic E-state index is 3.52. The number of dihydropyridines is 1. The van der Waals surface area contributed by atoms with Crippen LogP contribution in [0, 0.1) is 0 Å². The highest BCUT2D eigenvalue weighted by Gasteiger charge is 2.52. The summed E-state index contributed by atoms with van der Waals surface area (Å²) in [5.41, 5.74) is 19.5. The molecule has 2 heterocycles. The molecule has 0 amide bonds. The molecule has 0 saturated heterocycles. The van der Waals surface area contributed by atoms with Gasteiger partial charge in [0, 0.05) is 27.8 Å². The molecule has 0 radical (unpaired) electrons. The molecule has 0 fully saturated rings. The largest absolute Gasteiger partial charge is 0.381 e. The van der Waals surface area contributed by atoms with Gasteiger partial charge < -0.3 is 14.8 Å². The summed E-state index contributed by atoms with van der Waals surface area (Å²) in [7, 11) is 0. The molecule has 4 aliphatic rings. The van der Waals surface area contributed by atoms with Gasteiger partial charge in [0.15, 0.2) is 0 Å². The van der Waals surface area contributed by atoms with Gasteiger partial charge in [-0.1, -0.05) is 170 Å². The van der Waals surface area contributed by atoms with Crippen molar-refractivity contribution in [2.24, 2.45) is 0 Å². The van der Waals surface area contributed by atoms with Crippen LogP contribution in [-0.2, 0) is 5.41 Å². The van der Waals surface area contributed by atoms with Gasteiger partial charge in [-0.25, -0.2) is 0 Å². The van der Waals surface area contributed by atoms with E-state index in [1.807, 2.05) is 12.3 Å². The summed E-state index contributed by atoms with van der Waals surface area (Å²) in [5, 5.41) is 6.05. The Bertz CT molecular complexity index is 3410. The Morgan fingerprint density at radius 3 is 1.84 bits per heavy atom. The highest BCUT2D eigenvalue weighted by Crippen LogP contribution is 2.63. The minimum absolute atomic E-state index is 0.141. The molecule has 1 aromatic heterocycles. The Morgan fingerprint density at radius 2 is 1.17 bits per heavy atom. The predicted octanol–water partition coefficient (Wildman–Crippen LogP) is 14.8. The van der Waals surface area contributed by atoms with Crippen molar-refractivity contribution in [2.75, 3.05) is 4.90 Å². The van der Waals surface area contributed by atoms with Crippen molar-refractivity contribution in [3.05, 3.63) is 264 Å². The number of hydrogen-bond acceptors (Lipinski definition) is 2. The van der Waals surface area contributed by atoms with E-state index in [1.54, 1.807) is 0 Å². The van der Waals surface area contributed by atoms with Crippen molar-refractivity contribution in [3.63, 3.8) is 0 Å². The Labute approximate surface area is 374 Å². The number of para-hydroxylation sites is 2. The molecule has 2 atom stereocenters. The van der Waals surface area contributed by atoms with E-state index in [2.05, 4.69) is 240 Å². The van der Waals surface area contributed by atoms with Crippen LogP contribution < -0.4 is 10.2 Å². The smallest absolute Gasteiger partial charge is 0.0726 e. The average Bonchev–Trinajstić information content (AvgIpc) is 3.96. The lowest BCUT2D eigenvalue weighted by Gasteiger charge is -2.43. The summed E-state index contributed by atoms with van der Waals surface area (Å²) >= 11 is 0. The minimum atomic E-state index is -0.422. The third kappa shape index (κ3) is 5.28. The van der Waals surface area contributed by atoms with Crippen LogP contribution in [0.3, 0.4) is 0 Å². The van der Waals surface area contributed by atoms with Crippen LogP contribution in [-0.4, -0.2) is 10.1 Å². The quantitative estimate of drug-likeness (QED) is 0.180. The van der Waals surface area contributed by atoms with E-state index < -0.39 is 5.41 Å². The minimum Gasteiger partial charge on any atom is -0.381 e. The molecule has 1 N–H and O–H groups in total. The maximum absolute atomic E-state index is 3.52. The summed E-state index contributed by atoms with van der Waals surface area (Å²) in [6, 6.07) is 70.4. The van der Waals surface area contributed by atoms with Gasteiger partial charge in [-0.15, -0.1) is 0 Å². The van der Waals surface area contributed by atoms with E-state index in [0.29, 0.717) is 0 Å². The van der Waals surface area contributed by atoms with Crippen LogP contribution >= 0.6 is 0 Å². The number of hydrogen-bond donors (Lipinski definition) is 1. The van der Waals surface area contributed by atoms with Crippen molar-refractivity contribution in [3.8, 4) is 27.9 Å². The van der Waals surface area contributed by atoms with Crippen LogP contribution in [0.4, 0.5) is 11.4 Å². The SMILES string of the molecule is CC1(N(c2ccc(C3C=CC=CN3)cc2)c2ccc3c(c2)C2(c4ccccc4-c4ccccc42)c2ccccc2-3)C=CC(c2ccc3c4ccccc4n(-c4ccccc4)c3c2)=CC1. The first-order valence-electron chi connectivity index (χ1n) is 22.5. The van der Waals surface area contributed by atoms with Crippen molar-refractivity contribution in [2.45, 2.75) is 30.3 Å². The highest BCUT2D eigenvalue weighted by atomic mass is 15.2. The molecule has 0 bridgehead atoms. The standard InChI is InChI=1S/C61H45N3/c1-60(36-34-41(35-37-60)43-28-32-52-51-20-8-12-25-58(51)63(59(52)39-43)44-15-3-2-4-16-44)64(45-29-26-42(27-30-45)57-24-13-14-38-62-57)46-31-33-50-49-19-7-11-23-55(49)61(56(50)40-46)53-21-9-5-17-47(53)48-18-6-10-22-54(48)61/h2-36,38-40,57,62H,37H2,1H3. The first-order valence-corrected chi connectivity index (χ1v) is 22.5. The summed E-state index contributed by atoms with van der Waals surface area (Å²) in [6.45, 7) is 2.40. The lowest BCUT2D eigenvalue weighted by Crippen LogP contribution is -2.42. The molecule has 3 aliphatic carbocycles. The van der Waals surface area contributed by atoms with Crippen LogP contribution in [0.1, 0.15) is 52.8 Å². The summed E-state index contributed by atoms with van der Waals surface area (Å²) in [6.07, 6.45) is 16.5. The van der Waals surface area contributed by atoms with Gasteiger partial charge in [-0.2, -0.15) is 0 Å². The van der Waals surface area contributed by atoms with Gasteiger partial charge in [-0.05, 0) is 135 Å². The van der Waals surface area contributed by atoms with E-state index in [4.69, 9.17) is 0 Å². The molecule has 0 saturated carbocycles. The summed E-state index contributed by atoms with van der Waals surface area (Å²) in [5.74, 6) is 0. The number of nitrogens with one attached hydrogen (secondary N) is 1. The zero-order valence-corrected chi connectivity index (χ0v) is 35.6. The van der Waals surface area contributed by atoms with E-state index in [1.165, 1.54) is 94.4 Å². The second kappa shape index (κ2) is 14.1. The zero-order valence-electron chi connectivity index (χ0n) is 35.6. The van der Waals surface area contributed by atoms with E-state index in [-0.39, 0.29) is 11.6 Å². The van der Waals surface area contributed by atoms with Gasteiger partial charge >= 0.3 is 0 Å². The van der Waals surface area contributed by atoms with Crippen molar-refractivity contribution in [1.29, 1.82) is 0 Å². The number of nitrogens with zero attached hydrogens (tertiary/aromatic N) is 2. The second-order valence-corrected chi connectivity index (χ2v) is 17.9. The number of fused-ring (bicyclic) bond motifs is 13. The number of aromatic nitrogens is 1. The molecule has 304 valence electrons.